The Kier molecular flexibility index (Phi) is 4.54. The van der Waals surface area contributed by atoms with Gasteiger partial charge in [-0.1, -0.05) is 25.5 Å². The third-order valence-electron chi connectivity index (χ3n) is 4.49. The minimum Gasteiger partial charge on any atom is -0.322 e. The fourth-order valence-electron chi connectivity index (χ4n) is 2.97. The molecule has 0 radical (unpaired) electrons. The summed E-state index contributed by atoms with van der Waals surface area (Å²) < 4.78 is 92.4. The highest BCUT2D eigenvalue weighted by Crippen LogP contribution is 3.02. The highest BCUT2D eigenvalue weighted by Gasteiger charge is 2.65. The minimum atomic E-state index is -9.79. The van der Waals surface area contributed by atoms with Crippen LogP contribution in [0.5, 0.6) is 0 Å². The molecule has 1 atom stereocenters. The first-order chi connectivity index (χ1) is 13.2. The quantitative estimate of drug-likeness (QED) is 0.532. The first kappa shape index (κ1) is 21.2. The van der Waals surface area contributed by atoms with Crippen LogP contribution in [0.4, 0.5) is 33.9 Å². The maximum absolute atomic E-state index is 15.0. The van der Waals surface area contributed by atoms with Crippen LogP contribution in [-0.2, 0) is 10.5 Å². The Hall–Kier alpha value is -2.56. The third-order valence-corrected chi connectivity index (χ3v) is 5.66. The van der Waals surface area contributed by atoms with E-state index in [1.54, 1.807) is 0 Å². The average Bonchev–Trinajstić information content (AvgIpc) is 2.61. The molecule has 3 nitrogen and oxygen atoms in total. The fourth-order valence-corrected chi connectivity index (χ4v) is 3.62. The van der Waals surface area contributed by atoms with Gasteiger partial charge in [0.15, 0.2) is 5.67 Å². The lowest BCUT2D eigenvalue weighted by Gasteiger charge is -2.40. The Labute approximate surface area is 161 Å². The van der Waals surface area contributed by atoms with Gasteiger partial charge in [0.25, 0.3) is 5.91 Å². The number of nitrogens with one attached hydrogen (secondary N) is 1. The van der Waals surface area contributed by atoms with Crippen molar-refractivity contribution in [2.45, 2.75) is 29.8 Å². The molecule has 2 aromatic rings. The van der Waals surface area contributed by atoms with E-state index < -0.39 is 32.5 Å². The largest absolute Gasteiger partial charge is 0.322 e. The van der Waals surface area contributed by atoms with Gasteiger partial charge >= 0.3 is 10.2 Å². The molecule has 0 fully saturated rings. The maximum Gasteiger partial charge on any atom is 0.310 e. The smallest absolute Gasteiger partial charge is 0.310 e. The summed E-state index contributed by atoms with van der Waals surface area (Å²) in [4.78, 5) is 13.9. The average molecular weight is 440 g/mol. The summed E-state index contributed by atoms with van der Waals surface area (Å²) in [5.74, 6) is -1.52. The molecule has 1 heterocycles. The van der Waals surface area contributed by atoms with Crippen molar-refractivity contribution >= 4 is 21.8 Å². The molecule has 1 aromatic carbocycles. The molecule has 1 amide bonds. The molecule has 11 heteroatoms. The van der Waals surface area contributed by atoms with Gasteiger partial charge in [0, 0.05) is 23.9 Å². The molecule has 0 saturated carbocycles. The van der Waals surface area contributed by atoms with Crippen LogP contribution in [0.25, 0.3) is 0 Å². The summed E-state index contributed by atoms with van der Waals surface area (Å²) in [6, 6.07) is 4.17. The van der Waals surface area contributed by atoms with Crippen molar-refractivity contribution in [1.82, 2.24) is 4.98 Å². The molecule has 0 aliphatic heterocycles. The second-order valence-corrected chi connectivity index (χ2v) is 9.09. The summed E-state index contributed by atoms with van der Waals surface area (Å²) >= 11 is 0. The predicted molar refractivity (Wildman–Crippen MR) is 95.4 cm³/mol. The fraction of sp³-hybridized carbons (Fsp3) is 0.222. The van der Waals surface area contributed by atoms with Crippen LogP contribution >= 0.6 is 10.2 Å². The van der Waals surface area contributed by atoms with Gasteiger partial charge in [0.05, 0.1) is 0 Å². The van der Waals surface area contributed by atoms with Crippen LogP contribution in [0.3, 0.4) is 0 Å². The molecule has 0 spiro atoms. The van der Waals surface area contributed by atoms with Crippen molar-refractivity contribution in [3.8, 4) is 0 Å². The van der Waals surface area contributed by atoms with E-state index in [2.05, 4.69) is 10.3 Å². The van der Waals surface area contributed by atoms with Gasteiger partial charge in [-0.25, -0.2) is 8.78 Å². The number of halogens is 7. The van der Waals surface area contributed by atoms with E-state index in [4.69, 9.17) is 0 Å². The molecule has 1 aromatic heterocycles. The number of hydrogen-bond acceptors (Lipinski definition) is 2. The summed E-state index contributed by atoms with van der Waals surface area (Å²) in [5, 5.41) is 2.28. The van der Waals surface area contributed by atoms with Crippen molar-refractivity contribution in [1.29, 1.82) is 0 Å². The first-order valence-corrected chi connectivity index (χ1v) is 10.3. The molecular weight excluding hydrogens is 425 g/mol. The molecule has 1 N–H and O–H groups in total. The number of aromatic nitrogens is 1. The van der Waals surface area contributed by atoms with Gasteiger partial charge < -0.3 is 5.32 Å². The Morgan fingerprint density at radius 3 is 2.24 bits per heavy atom. The van der Waals surface area contributed by atoms with Crippen molar-refractivity contribution in [3.05, 3.63) is 65.8 Å². The van der Waals surface area contributed by atoms with Crippen LogP contribution in [0.15, 0.2) is 59.1 Å². The zero-order valence-electron chi connectivity index (χ0n) is 14.6. The van der Waals surface area contributed by atoms with E-state index in [0.29, 0.717) is 12.1 Å². The molecule has 29 heavy (non-hydrogen) atoms. The molecule has 0 bridgehead atoms. The third kappa shape index (κ3) is 4.72. The number of hydrogen-bond donors (Lipinski definition) is 1. The lowest BCUT2D eigenvalue weighted by atomic mass is 9.84. The van der Waals surface area contributed by atoms with Crippen LogP contribution in [0.2, 0.25) is 0 Å². The van der Waals surface area contributed by atoms with Crippen molar-refractivity contribution in [2.75, 3.05) is 5.32 Å². The van der Waals surface area contributed by atoms with Crippen LogP contribution < -0.4 is 5.32 Å². The van der Waals surface area contributed by atoms with Gasteiger partial charge in [-0.15, -0.1) is 0 Å². The van der Waals surface area contributed by atoms with Crippen LogP contribution in [0.1, 0.15) is 25.0 Å². The summed E-state index contributed by atoms with van der Waals surface area (Å²) in [5.41, 5.74) is -2.43. The van der Waals surface area contributed by atoms with Gasteiger partial charge in [-0.2, -0.15) is 0 Å². The Morgan fingerprint density at radius 2 is 1.72 bits per heavy atom. The Morgan fingerprint density at radius 1 is 1.07 bits per heavy atom. The number of rotatable bonds is 4. The molecule has 0 saturated heterocycles. The second-order valence-electron chi connectivity index (χ2n) is 6.68. The minimum absolute atomic E-state index is 0.0676. The number of carbonyl (C=O) groups excluding carboxylic acids is 1. The molecule has 1 aliphatic rings. The van der Waals surface area contributed by atoms with E-state index in [-0.39, 0.29) is 48.3 Å². The predicted octanol–water partition coefficient (Wildman–Crippen LogP) is 6.79. The molecular formula is C18H15F7N2OS. The zero-order valence-corrected chi connectivity index (χ0v) is 15.5. The number of alkyl halides is 1. The number of amides is 1. The van der Waals surface area contributed by atoms with E-state index in [1.807, 2.05) is 0 Å². The van der Waals surface area contributed by atoms with E-state index >= 15 is 4.39 Å². The first-order valence-electron chi connectivity index (χ1n) is 8.32. The van der Waals surface area contributed by atoms with E-state index in [0.717, 1.165) is 6.07 Å². The van der Waals surface area contributed by atoms with Gasteiger partial charge in [-0.3, -0.25) is 9.78 Å². The highest BCUT2D eigenvalue weighted by atomic mass is 32.5. The molecule has 158 valence electrons. The normalized spacial score (nSPS) is 22.2. The highest BCUT2D eigenvalue weighted by molar-refractivity contribution is 8.45. The van der Waals surface area contributed by atoms with Gasteiger partial charge in [0.2, 0.25) is 0 Å². The molecule has 1 unspecified atom stereocenters. The monoisotopic (exact) mass is 440 g/mol. The lowest BCUT2D eigenvalue weighted by molar-refractivity contribution is -0.113. The van der Waals surface area contributed by atoms with Crippen molar-refractivity contribution in [3.63, 3.8) is 0 Å². The van der Waals surface area contributed by atoms with Crippen molar-refractivity contribution in [2.24, 2.45) is 0 Å². The van der Waals surface area contributed by atoms with Gasteiger partial charge in [0.1, 0.15) is 16.4 Å². The van der Waals surface area contributed by atoms with Crippen molar-refractivity contribution < 1.29 is 33.0 Å². The van der Waals surface area contributed by atoms with Crippen LogP contribution in [0, 0.1) is 5.82 Å². The Balaban J connectivity index is 1.71. The number of benzene rings is 1. The maximum atomic E-state index is 15.0. The topological polar surface area (TPSA) is 42.0 Å². The number of nitrogens with zero attached hydrogens (tertiary/aromatic N) is 1. The molecule has 1 aliphatic carbocycles. The number of allylic oxidation sites excluding steroid dienone is 1. The Bertz CT molecular complexity index is 990. The SMILES string of the molecule is O=C(Nc1ccc(S(F)(F)(F)(F)F)cc1)C1=CCC(F)(c2ncccc2F)CC1. The summed E-state index contributed by atoms with van der Waals surface area (Å²) in [6.07, 6.45) is 1.91. The summed E-state index contributed by atoms with van der Waals surface area (Å²) in [7, 11) is -9.79. The number of carbonyl (C=O) groups is 1. The van der Waals surface area contributed by atoms with Crippen LogP contribution in [-0.4, -0.2) is 10.9 Å². The number of pyridine rings is 1. The summed E-state index contributed by atoms with van der Waals surface area (Å²) in [6.45, 7) is 0. The van der Waals surface area contributed by atoms with E-state index in [1.165, 1.54) is 18.3 Å². The lowest BCUT2D eigenvalue weighted by Crippen LogP contribution is -2.28. The zero-order chi connectivity index (χ0) is 21.6. The number of anilines is 1. The van der Waals surface area contributed by atoms with E-state index in [9.17, 15) is 28.6 Å². The van der Waals surface area contributed by atoms with Gasteiger partial charge in [-0.05, 0) is 49.2 Å². The second kappa shape index (κ2) is 6.22. The molecule has 3 rings (SSSR count). The standard InChI is InChI=1S/C18H15F7N2OS/c19-15-2-1-11-26-16(15)18(20)9-7-12(8-10-18)17(28)27-13-3-5-14(6-4-13)29(21,22,23,24)25/h1-7,11H,8-10H2,(H,27,28).